The first-order valence-corrected chi connectivity index (χ1v) is 6.30. The van der Waals surface area contributed by atoms with Crippen molar-refractivity contribution in [1.82, 2.24) is 9.78 Å². The van der Waals surface area contributed by atoms with Crippen molar-refractivity contribution in [3.63, 3.8) is 0 Å². The van der Waals surface area contributed by atoms with Crippen molar-refractivity contribution in [3.05, 3.63) is 42.2 Å². The molecule has 0 saturated heterocycles. The van der Waals surface area contributed by atoms with Crippen LogP contribution in [0.5, 0.6) is 11.5 Å². The van der Waals surface area contributed by atoms with Gasteiger partial charge in [0.2, 0.25) is 0 Å². The minimum absolute atomic E-state index is 0.562. The molecule has 0 unspecified atom stereocenters. The van der Waals surface area contributed by atoms with E-state index >= 15 is 0 Å². The second-order valence-electron chi connectivity index (χ2n) is 4.13. The van der Waals surface area contributed by atoms with E-state index in [9.17, 15) is 0 Å². The van der Waals surface area contributed by atoms with Gasteiger partial charge in [-0.15, -0.1) is 0 Å². The van der Waals surface area contributed by atoms with E-state index < -0.39 is 0 Å². The Kier molecular flexibility index (Phi) is 4.80. The molecule has 2 aromatic rings. The molecule has 0 aliphatic rings. The van der Waals surface area contributed by atoms with Gasteiger partial charge in [-0.3, -0.25) is 4.68 Å². The molecule has 2 rings (SSSR count). The number of benzene rings is 1. The van der Waals surface area contributed by atoms with Crippen LogP contribution in [0, 0.1) is 0 Å². The fraction of sp³-hybridized carbons (Fsp3) is 0.357. The Morgan fingerprint density at radius 3 is 2.95 bits per heavy atom. The Balaban J connectivity index is 2.00. The number of nitrogens with zero attached hydrogens (tertiary/aromatic N) is 2. The summed E-state index contributed by atoms with van der Waals surface area (Å²) in [6.07, 6.45) is 4.46. The van der Waals surface area contributed by atoms with E-state index in [1.165, 1.54) is 0 Å². The molecule has 5 nitrogen and oxygen atoms in total. The Morgan fingerprint density at radius 1 is 1.37 bits per heavy atom. The highest BCUT2D eigenvalue weighted by molar-refractivity contribution is 5.40. The Morgan fingerprint density at radius 2 is 2.26 bits per heavy atom. The topological polar surface area (TPSA) is 62.3 Å². The van der Waals surface area contributed by atoms with Gasteiger partial charge in [0, 0.05) is 18.5 Å². The molecule has 102 valence electrons. The maximum atomic E-state index is 5.81. The van der Waals surface area contributed by atoms with Crippen LogP contribution < -0.4 is 15.2 Å². The van der Waals surface area contributed by atoms with E-state index in [0.29, 0.717) is 19.7 Å². The SMILES string of the molecule is COc1ccc(CCN)c(OCCn2cccn2)c1. The number of rotatable bonds is 7. The lowest BCUT2D eigenvalue weighted by atomic mass is 10.1. The maximum Gasteiger partial charge on any atom is 0.126 e. The van der Waals surface area contributed by atoms with Crippen molar-refractivity contribution in [2.24, 2.45) is 5.73 Å². The van der Waals surface area contributed by atoms with E-state index in [2.05, 4.69) is 5.10 Å². The second kappa shape index (κ2) is 6.80. The summed E-state index contributed by atoms with van der Waals surface area (Å²) < 4.78 is 12.9. The van der Waals surface area contributed by atoms with Crippen LogP contribution in [0.4, 0.5) is 0 Å². The summed E-state index contributed by atoms with van der Waals surface area (Å²) in [5, 5.41) is 4.13. The monoisotopic (exact) mass is 261 g/mol. The summed E-state index contributed by atoms with van der Waals surface area (Å²) in [6, 6.07) is 7.71. The van der Waals surface area contributed by atoms with Crippen LogP contribution in [-0.2, 0) is 13.0 Å². The number of methoxy groups -OCH3 is 1. The molecule has 0 atom stereocenters. The summed E-state index contributed by atoms with van der Waals surface area (Å²) in [5.74, 6) is 1.62. The lowest BCUT2D eigenvalue weighted by Gasteiger charge is -2.12. The van der Waals surface area contributed by atoms with E-state index in [0.717, 1.165) is 23.5 Å². The third-order valence-corrected chi connectivity index (χ3v) is 2.83. The Labute approximate surface area is 112 Å². The zero-order chi connectivity index (χ0) is 13.5. The minimum Gasteiger partial charge on any atom is -0.497 e. The van der Waals surface area contributed by atoms with Gasteiger partial charge in [0.05, 0.1) is 13.7 Å². The van der Waals surface area contributed by atoms with Gasteiger partial charge in [-0.05, 0) is 30.7 Å². The van der Waals surface area contributed by atoms with Crippen LogP contribution in [-0.4, -0.2) is 30.0 Å². The lowest BCUT2D eigenvalue weighted by Crippen LogP contribution is -2.10. The lowest BCUT2D eigenvalue weighted by molar-refractivity contribution is 0.287. The van der Waals surface area contributed by atoms with E-state index in [-0.39, 0.29) is 0 Å². The van der Waals surface area contributed by atoms with Crippen molar-refractivity contribution in [2.75, 3.05) is 20.3 Å². The predicted molar refractivity (Wildman–Crippen MR) is 73.5 cm³/mol. The van der Waals surface area contributed by atoms with Crippen LogP contribution in [0.2, 0.25) is 0 Å². The van der Waals surface area contributed by atoms with E-state index in [1.807, 2.05) is 35.1 Å². The van der Waals surface area contributed by atoms with Gasteiger partial charge in [-0.2, -0.15) is 5.10 Å². The van der Waals surface area contributed by atoms with Gasteiger partial charge in [0.15, 0.2) is 0 Å². The summed E-state index contributed by atoms with van der Waals surface area (Å²) in [7, 11) is 1.64. The standard InChI is InChI=1S/C14H19N3O2/c1-18-13-4-3-12(5-6-15)14(11-13)19-10-9-17-8-2-7-16-17/h2-4,7-8,11H,5-6,9-10,15H2,1H3. The molecule has 5 heteroatoms. The fourth-order valence-electron chi connectivity index (χ4n) is 1.84. The Hall–Kier alpha value is -2.01. The van der Waals surface area contributed by atoms with Gasteiger partial charge < -0.3 is 15.2 Å². The van der Waals surface area contributed by atoms with Gasteiger partial charge in [0.1, 0.15) is 18.1 Å². The summed E-state index contributed by atoms with van der Waals surface area (Å²) in [5.41, 5.74) is 6.71. The highest BCUT2D eigenvalue weighted by Crippen LogP contribution is 2.25. The first-order valence-electron chi connectivity index (χ1n) is 6.30. The molecule has 0 aliphatic heterocycles. The molecule has 0 amide bonds. The molecule has 19 heavy (non-hydrogen) atoms. The molecule has 2 N–H and O–H groups in total. The van der Waals surface area contributed by atoms with Crippen molar-refractivity contribution in [2.45, 2.75) is 13.0 Å². The van der Waals surface area contributed by atoms with Crippen LogP contribution in [0.3, 0.4) is 0 Å². The average Bonchev–Trinajstić information content (AvgIpc) is 2.94. The molecular weight excluding hydrogens is 242 g/mol. The predicted octanol–water partition coefficient (Wildman–Crippen LogP) is 1.47. The molecular formula is C14H19N3O2. The largest absolute Gasteiger partial charge is 0.497 e. The first kappa shape index (κ1) is 13.4. The number of ether oxygens (including phenoxy) is 2. The van der Waals surface area contributed by atoms with Gasteiger partial charge in [0.25, 0.3) is 0 Å². The number of hydrogen-bond acceptors (Lipinski definition) is 4. The highest BCUT2D eigenvalue weighted by atomic mass is 16.5. The van der Waals surface area contributed by atoms with E-state index in [1.54, 1.807) is 13.3 Å². The smallest absolute Gasteiger partial charge is 0.126 e. The molecule has 0 radical (unpaired) electrons. The summed E-state index contributed by atoms with van der Waals surface area (Å²) in [4.78, 5) is 0. The minimum atomic E-state index is 0.562. The first-order chi connectivity index (χ1) is 9.33. The molecule has 0 aliphatic carbocycles. The maximum absolute atomic E-state index is 5.81. The quantitative estimate of drug-likeness (QED) is 0.820. The molecule has 0 fully saturated rings. The third-order valence-electron chi connectivity index (χ3n) is 2.83. The Bertz CT molecular complexity index is 497. The molecule has 0 saturated carbocycles. The van der Waals surface area contributed by atoms with Crippen LogP contribution in [0.1, 0.15) is 5.56 Å². The number of aromatic nitrogens is 2. The number of nitrogens with two attached hydrogens (primary N) is 1. The molecule has 1 aromatic heterocycles. The third kappa shape index (κ3) is 3.72. The van der Waals surface area contributed by atoms with Crippen molar-refractivity contribution in [3.8, 4) is 11.5 Å². The van der Waals surface area contributed by atoms with Crippen molar-refractivity contribution in [1.29, 1.82) is 0 Å². The molecule has 0 spiro atoms. The van der Waals surface area contributed by atoms with Crippen molar-refractivity contribution < 1.29 is 9.47 Å². The van der Waals surface area contributed by atoms with Gasteiger partial charge in [-0.1, -0.05) is 6.07 Å². The van der Waals surface area contributed by atoms with Crippen LogP contribution >= 0.6 is 0 Å². The summed E-state index contributed by atoms with van der Waals surface area (Å²) in [6.45, 7) is 1.88. The molecule has 1 heterocycles. The van der Waals surface area contributed by atoms with Crippen LogP contribution in [0.25, 0.3) is 0 Å². The zero-order valence-electron chi connectivity index (χ0n) is 11.1. The second-order valence-corrected chi connectivity index (χ2v) is 4.13. The average molecular weight is 261 g/mol. The fourth-order valence-corrected chi connectivity index (χ4v) is 1.84. The molecule has 0 bridgehead atoms. The van der Waals surface area contributed by atoms with Crippen LogP contribution in [0.15, 0.2) is 36.7 Å². The van der Waals surface area contributed by atoms with Gasteiger partial charge in [-0.25, -0.2) is 0 Å². The summed E-state index contributed by atoms with van der Waals surface area (Å²) >= 11 is 0. The number of hydrogen-bond donors (Lipinski definition) is 1. The molecule has 1 aromatic carbocycles. The normalized spacial score (nSPS) is 10.4. The highest BCUT2D eigenvalue weighted by Gasteiger charge is 2.05. The van der Waals surface area contributed by atoms with E-state index in [4.69, 9.17) is 15.2 Å². The van der Waals surface area contributed by atoms with Crippen molar-refractivity contribution >= 4 is 0 Å². The van der Waals surface area contributed by atoms with Gasteiger partial charge >= 0.3 is 0 Å². The zero-order valence-corrected chi connectivity index (χ0v) is 11.1.